The van der Waals surface area contributed by atoms with Crippen LogP contribution in [0.5, 0.6) is 5.75 Å². The molecule has 0 spiro atoms. The Balaban J connectivity index is 1.57. The van der Waals surface area contributed by atoms with Gasteiger partial charge >= 0.3 is 6.03 Å². The molecule has 0 bridgehead atoms. The topological polar surface area (TPSA) is 65.1 Å². The zero-order chi connectivity index (χ0) is 21.0. The number of rotatable bonds is 8. The van der Waals surface area contributed by atoms with Gasteiger partial charge in [0.2, 0.25) is 0 Å². The van der Waals surface area contributed by atoms with Crippen molar-refractivity contribution in [3.8, 4) is 5.75 Å². The molecule has 7 nitrogen and oxygen atoms in total. The van der Waals surface area contributed by atoms with Crippen LogP contribution in [0.15, 0.2) is 24.3 Å². The third-order valence-electron chi connectivity index (χ3n) is 5.79. The first kappa shape index (κ1) is 21.4. The van der Waals surface area contributed by atoms with Gasteiger partial charge in [0.1, 0.15) is 11.3 Å². The number of carbonyl (C=O) groups is 2. The first-order valence-electron chi connectivity index (χ1n) is 10.7. The molecule has 0 unspecified atom stereocenters. The lowest BCUT2D eigenvalue weighted by Gasteiger charge is -2.37. The van der Waals surface area contributed by atoms with Crippen LogP contribution in [0.25, 0.3) is 0 Å². The SMILES string of the molecule is CCOc1ccccc1N1CCN(CN2C(=O)N[C@@](C)(CCC(C)C)C2=O)CC1. The Morgan fingerprint density at radius 3 is 2.48 bits per heavy atom. The number of ether oxygens (including phenoxy) is 1. The molecular weight excluding hydrogens is 368 g/mol. The molecule has 2 saturated heterocycles. The largest absolute Gasteiger partial charge is 0.492 e. The fourth-order valence-corrected chi connectivity index (χ4v) is 3.95. The normalized spacial score (nSPS) is 23.1. The number of nitrogens with zero attached hydrogens (tertiary/aromatic N) is 3. The van der Waals surface area contributed by atoms with E-state index < -0.39 is 5.54 Å². The molecule has 29 heavy (non-hydrogen) atoms. The zero-order valence-corrected chi connectivity index (χ0v) is 18.1. The molecule has 1 N–H and O–H groups in total. The Bertz CT molecular complexity index is 731. The molecular formula is C22H34N4O3. The number of nitrogens with one attached hydrogen (secondary N) is 1. The highest BCUT2D eigenvalue weighted by Crippen LogP contribution is 2.29. The fraction of sp³-hybridized carbons (Fsp3) is 0.636. The van der Waals surface area contributed by atoms with Crippen molar-refractivity contribution in [1.29, 1.82) is 0 Å². The Morgan fingerprint density at radius 1 is 1.14 bits per heavy atom. The summed E-state index contributed by atoms with van der Waals surface area (Å²) in [6, 6.07) is 7.81. The van der Waals surface area contributed by atoms with Crippen LogP contribution in [0.1, 0.15) is 40.5 Å². The quantitative estimate of drug-likeness (QED) is 0.678. The van der Waals surface area contributed by atoms with Gasteiger partial charge in [-0.1, -0.05) is 26.0 Å². The maximum atomic E-state index is 12.9. The average molecular weight is 403 g/mol. The number of amides is 3. The summed E-state index contributed by atoms with van der Waals surface area (Å²) >= 11 is 0. The minimum atomic E-state index is -0.778. The molecule has 3 rings (SSSR count). The van der Waals surface area contributed by atoms with E-state index in [1.807, 2.05) is 32.0 Å². The number of anilines is 1. The third kappa shape index (κ3) is 4.83. The molecule has 7 heteroatoms. The van der Waals surface area contributed by atoms with E-state index in [1.165, 1.54) is 4.90 Å². The van der Waals surface area contributed by atoms with Crippen LogP contribution in [0, 0.1) is 5.92 Å². The predicted molar refractivity (Wildman–Crippen MR) is 114 cm³/mol. The molecule has 0 radical (unpaired) electrons. The van der Waals surface area contributed by atoms with Gasteiger partial charge in [0, 0.05) is 26.2 Å². The van der Waals surface area contributed by atoms with Crippen molar-refractivity contribution in [3.63, 3.8) is 0 Å². The maximum Gasteiger partial charge on any atom is 0.326 e. The lowest BCUT2D eigenvalue weighted by molar-refractivity contribution is -0.132. The second-order valence-corrected chi connectivity index (χ2v) is 8.58. The highest BCUT2D eigenvalue weighted by Gasteiger charge is 2.47. The van der Waals surface area contributed by atoms with Crippen molar-refractivity contribution in [3.05, 3.63) is 24.3 Å². The van der Waals surface area contributed by atoms with E-state index >= 15 is 0 Å². The molecule has 2 fully saturated rings. The van der Waals surface area contributed by atoms with Crippen molar-refractivity contribution in [2.24, 2.45) is 5.92 Å². The Hall–Kier alpha value is -2.28. The second-order valence-electron chi connectivity index (χ2n) is 8.58. The molecule has 1 atom stereocenters. The number of para-hydroxylation sites is 2. The van der Waals surface area contributed by atoms with Gasteiger partial charge < -0.3 is 15.0 Å². The number of hydrogen-bond acceptors (Lipinski definition) is 5. The van der Waals surface area contributed by atoms with Crippen LogP contribution in [-0.2, 0) is 4.79 Å². The van der Waals surface area contributed by atoms with Crippen molar-refractivity contribution in [2.45, 2.75) is 46.1 Å². The maximum absolute atomic E-state index is 12.9. The van der Waals surface area contributed by atoms with E-state index in [4.69, 9.17) is 4.74 Å². The van der Waals surface area contributed by atoms with Gasteiger partial charge in [0.15, 0.2) is 0 Å². The Kier molecular flexibility index (Phi) is 6.67. The summed E-state index contributed by atoms with van der Waals surface area (Å²) in [6.45, 7) is 12.3. The first-order valence-corrected chi connectivity index (χ1v) is 10.7. The number of benzene rings is 1. The predicted octanol–water partition coefficient (Wildman–Crippen LogP) is 2.91. The molecule has 2 aliphatic heterocycles. The molecule has 2 aliphatic rings. The molecule has 0 aromatic heterocycles. The van der Waals surface area contributed by atoms with E-state index in [-0.39, 0.29) is 11.9 Å². The number of urea groups is 1. The first-order chi connectivity index (χ1) is 13.8. The van der Waals surface area contributed by atoms with Gasteiger partial charge in [-0.25, -0.2) is 9.69 Å². The molecule has 160 valence electrons. The fourth-order valence-electron chi connectivity index (χ4n) is 3.95. The zero-order valence-electron chi connectivity index (χ0n) is 18.1. The highest BCUT2D eigenvalue weighted by atomic mass is 16.5. The summed E-state index contributed by atoms with van der Waals surface area (Å²) in [6.07, 6.45) is 1.59. The minimum absolute atomic E-state index is 0.104. The van der Waals surface area contributed by atoms with E-state index in [0.29, 0.717) is 25.6 Å². The Morgan fingerprint density at radius 2 is 1.83 bits per heavy atom. The lowest BCUT2D eigenvalue weighted by Crippen LogP contribution is -2.52. The van der Waals surface area contributed by atoms with Gasteiger partial charge in [0.05, 0.1) is 19.0 Å². The standard InChI is InChI=1S/C22H34N4O3/c1-5-29-19-9-7-6-8-18(19)25-14-12-24(13-15-25)16-26-20(27)22(4,23-21(26)28)11-10-17(2)3/h6-9,17H,5,10-16H2,1-4H3,(H,23,28)/t22-/m0/s1. The lowest BCUT2D eigenvalue weighted by atomic mass is 9.92. The molecule has 0 saturated carbocycles. The van der Waals surface area contributed by atoms with Crippen molar-refractivity contribution >= 4 is 17.6 Å². The van der Waals surface area contributed by atoms with Crippen LogP contribution < -0.4 is 15.0 Å². The van der Waals surface area contributed by atoms with Crippen molar-refractivity contribution in [2.75, 3.05) is 44.4 Å². The number of imide groups is 1. The number of piperazine rings is 1. The van der Waals surface area contributed by atoms with Crippen molar-refractivity contribution in [1.82, 2.24) is 15.1 Å². The average Bonchev–Trinajstić information content (AvgIpc) is 2.91. The monoisotopic (exact) mass is 402 g/mol. The van der Waals surface area contributed by atoms with Gasteiger partial charge in [-0.15, -0.1) is 0 Å². The van der Waals surface area contributed by atoms with E-state index in [1.54, 1.807) is 0 Å². The van der Waals surface area contributed by atoms with E-state index in [2.05, 4.69) is 35.0 Å². The molecule has 0 aliphatic carbocycles. The third-order valence-corrected chi connectivity index (χ3v) is 5.79. The molecule has 1 aromatic carbocycles. The Labute approximate surface area is 174 Å². The highest BCUT2D eigenvalue weighted by molar-refractivity contribution is 6.06. The summed E-state index contributed by atoms with van der Waals surface area (Å²) in [4.78, 5) is 31.2. The van der Waals surface area contributed by atoms with Crippen LogP contribution in [-0.4, -0.2) is 66.7 Å². The summed E-state index contributed by atoms with van der Waals surface area (Å²) < 4.78 is 5.75. The van der Waals surface area contributed by atoms with Crippen LogP contribution >= 0.6 is 0 Å². The summed E-state index contributed by atoms with van der Waals surface area (Å²) in [5.74, 6) is 1.30. The smallest absolute Gasteiger partial charge is 0.326 e. The molecule has 3 amide bonds. The van der Waals surface area contributed by atoms with Gasteiger partial charge in [-0.2, -0.15) is 0 Å². The summed E-state index contributed by atoms with van der Waals surface area (Å²) in [7, 11) is 0. The van der Waals surface area contributed by atoms with Gasteiger partial charge in [-0.3, -0.25) is 9.69 Å². The van der Waals surface area contributed by atoms with E-state index in [0.717, 1.165) is 44.0 Å². The van der Waals surface area contributed by atoms with Gasteiger partial charge in [0.25, 0.3) is 5.91 Å². The second kappa shape index (κ2) is 9.03. The summed E-state index contributed by atoms with van der Waals surface area (Å²) in [5.41, 5.74) is 0.324. The molecule has 1 aromatic rings. The van der Waals surface area contributed by atoms with Crippen LogP contribution in [0.3, 0.4) is 0 Å². The van der Waals surface area contributed by atoms with Crippen LogP contribution in [0.4, 0.5) is 10.5 Å². The summed E-state index contributed by atoms with van der Waals surface area (Å²) in [5, 5.41) is 2.92. The number of carbonyl (C=O) groups excluding carboxylic acids is 2. The van der Waals surface area contributed by atoms with E-state index in [9.17, 15) is 9.59 Å². The van der Waals surface area contributed by atoms with Crippen molar-refractivity contribution < 1.29 is 14.3 Å². The molecule has 2 heterocycles. The number of hydrogen-bond donors (Lipinski definition) is 1. The van der Waals surface area contributed by atoms with Gasteiger partial charge in [-0.05, 0) is 44.7 Å². The van der Waals surface area contributed by atoms with Crippen LogP contribution in [0.2, 0.25) is 0 Å². The minimum Gasteiger partial charge on any atom is -0.492 e.